The largest absolute Gasteiger partial charge is 0.497 e. The van der Waals surface area contributed by atoms with Crippen molar-refractivity contribution in [3.05, 3.63) is 87.3 Å². The Morgan fingerprint density at radius 2 is 1.81 bits per heavy atom. The number of rotatable bonds is 7. The second-order valence-electron chi connectivity index (χ2n) is 6.05. The maximum Gasteiger partial charge on any atom is 0.254 e. The Balaban J connectivity index is 1.72. The number of thioether (sulfide) groups is 1. The van der Waals surface area contributed by atoms with Gasteiger partial charge in [-0.05, 0) is 36.8 Å². The summed E-state index contributed by atoms with van der Waals surface area (Å²) in [5.41, 5.74) is 2.84. The van der Waals surface area contributed by atoms with E-state index in [4.69, 9.17) is 4.74 Å². The van der Waals surface area contributed by atoms with Crippen molar-refractivity contribution < 1.29 is 9.53 Å². The van der Waals surface area contributed by atoms with Gasteiger partial charge in [0.05, 0.1) is 18.6 Å². The molecule has 0 unspecified atom stereocenters. The number of ketones is 1. The monoisotopic (exact) mass is 380 g/mol. The fraction of sp³-hybridized carbons (Fsp3) is 0.190. The van der Waals surface area contributed by atoms with Crippen LogP contribution < -0.4 is 10.3 Å². The Bertz CT molecular complexity index is 983. The molecule has 1 heterocycles. The van der Waals surface area contributed by atoms with E-state index in [0.717, 1.165) is 11.3 Å². The van der Waals surface area contributed by atoms with Crippen molar-refractivity contribution in [1.29, 1.82) is 0 Å². The number of methoxy groups -OCH3 is 1. The van der Waals surface area contributed by atoms with Crippen molar-refractivity contribution in [2.24, 2.45) is 0 Å². The summed E-state index contributed by atoms with van der Waals surface area (Å²) >= 11 is 1.23. The van der Waals surface area contributed by atoms with Crippen molar-refractivity contribution in [1.82, 2.24) is 9.97 Å². The van der Waals surface area contributed by atoms with Gasteiger partial charge in [0.15, 0.2) is 10.9 Å². The summed E-state index contributed by atoms with van der Waals surface area (Å²) < 4.78 is 5.10. The molecule has 5 nitrogen and oxygen atoms in total. The molecule has 3 rings (SSSR count). The Labute approximate surface area is 161 Å². The van der Waals surface area contributed by atoms with Gasteiger partial charge < -0.3 is 9.72 Å². The molecule has 0 fully saturated rings. The van der Waals surface area contributed by atoms with Crippen LogP contribution in [0.4, 0.5) is 0 Å². The van der Waals surface area contributed by atoms with Crippen LogP contribution in [0.3, 0.4) is 0 Å². The van der Waals surface area contributed by atoms with Gasteiger partial charge in [-0.15, -0.1) is 0 Å². The first kappa shape index (κ1) is 18.9. The number of nitrogens with one attached hydrogen (secondary N) is 1. The summed E-state index contributed by atoms with van der Waals surface area (Å²) in [5, 5.41) is 0.457. The predicted molar refractivity (Wildman–Crippen MR) is 107 cm³/mol. The molecule has 0 aliphatic rings. The van der Waals surface area contributed by atoms with Gasteiger partial charge in [0.25, 0.3) is 5.56 Å². The van der Waals surface area contributed by atoms with Crippen LogP contribution in [0.25, 0.3) is 0 Å². The molecule has 0 bridgehead atoms. The Morgan fingerprint density at radius 1 is 1.11 bits per heavy atom. The number of ether oxygens (including phenoxy) is 1. The van der Waals surface area contributed by atoms with E-state index in [1.165, 1.54) is 11.8 Å². The van der Waals surface area contributed by atoms with Crippen molar-refractivity contribution >= 4 is 17.5 Å². The summed E-state index contributed by atoms with van der Waals surface area (Å²) in [6.45, 7) is 1.76. The van der Waals surface area contributed by atoms with Gasteiger partial charge in [0.2, 0.25) is 0 Å². The Kier molecular flexibility index (Phi) is 6.08. The van der Waals surface area contributed by atoms with E-state index in [9.17, 15) is 9.59 Å². The van der Waals surface area contributed by atoms with Gasteiger partial charge in [-0.3, -0.25) is 9.59 Å². The highest BCUT2D eigenvalue weighted by atomic mass is 32.2. The van der Waals surface area contributed by atoms with E-state index in [-0.39, 0.29) is 17.1 Å². The zero-order valence-electron chi connectivity index (χ0n) is 15.2. The summed E-state index contributed by atoms with van der Waals surface area (Å²) in [6.07, 6.45) is 0.580. The number of carbonyl (C=O) groups is 1. The third kappa shape index (κ3) is 4.86. The van der Waals surface area contributed by atoms with Crippen molar-refractivity contribution in [2.75, 3.05) is 12.9 Å². The van der Waals surface area contributed by atoms with E-state index >= 15 is 0 Å². The van der Waals surface area contributed by atoms with E-state index in [2.05, 4.69) is 9.97 Å². The molecule has 0 saturated carbocycles. The first-order valence-corrected chi connectivity index (χ1v) is 9.49. The molecule has 2 aromatic carbocycles. The molecule has 1 aromatic heterocycles. The van der Waals surface area contributed by atoms with Crippen LogP contribution in [0.5, 0.6) is 5.75 Å². The van der Waals surface area contributed by atoms with Crippen molar-refractivity contribution in [3.8, 4) is 5.75 Å². The zero-order valence-corrected chi connectivity index (χ0v) is 16.0. The minimum atomic E-state index is -0.171. The molecule has 0 saturated heterocycles. The smallest absolute Gasteiger partial charge is 0.254 e. The number of benzene rings is 2. The molecule has 6 heteroatoms. The highest BCUT2D eigenvalue weighted by molar-refractivity contribution is 7.99. The van der Waals surface area contributed by atoms with Crippen LogP contribution in [0, 0.1) is 6.92 Å². The molecule has 0 aliphatic heterocycles. The second-order valence-corrected chi connectivity index (χ2v) is 7.01. The minimum Gasteiger partial charge on any atom is -0.497 e. The molecule has 27 heavy (non-hydrogen) atoms. The fourth-order valence-corrected chi connectivity index (χ4v) is 3.35. The van der Waals surface area contributed by atoms with Gasteiger partial charge in [0.1, 0.15) is 5.75 Å². The standard InChI is InChI=1S/C21H20N2O3S/c1-14-18(12-15-6-4-3-5-7-15)22-21(23-20(14)25)27-13-19(24)16-8-10-17(26-2)11-9-16/h3-11H,12-13H2,1-2H3,(H,22,23,25). The average Bonchev–Trinajstić information content (AvgIpc) is 2.70. The number of Topliss-reactive ketones (excluding diaryl/α,β-unsaturated/α-hetero) is 1. The second kappa shape index (κ2) is 8.68. The first-order chi connectivity index (χ1) is 13.1. The van der Waals surface area contributed by atoms with Crippen LogP contribution in [0.2, 0.25) is 0 Å². The third-order valence-corrected chi connectivity index (χ3v) is 5.07. The molecule has 1 N–H and O–H groups in total. The van der Waals surface area contributed by atoms with E-state index in [1.54, 1.807) is 38.3 Å². The third-order valence-electron chi connectivity index (χ3n) is 4.20. The van der Waals surface area contributed by atoms with Crippen molar-refractivity contribution in [3.63, 3.8) is 0 Å². The van der Waals surface area contributed by atoms with Crippen molar-refractivity contribution in [2.45, 2.75) is 18.5 Å². The number of carbonyl (C=O) groups excluding carboxylic acids is 1. The number of nitrogens with zero attached hydrogens (tertiary/aromatic N) is 1. The Morgan fingerprint density at radius 3 is 2.48 bits per heavy atom. The molecule has 0 spiro atoms. The van der Waals surface area contributed by atoms with Gasteiger partial charge in [-0.1, -0.05) is 42.1 Å². The molecule has 0 amide bonds. The first-order valence-electron chi connectivity index (χ1n) is 8.50. The molecule has 138 valence electrons. The van der Waals surface area contributed by atoms with E-state index < -0.39 is 0 Å². The lowest BCUT2D eigenvalue weighted by Crippen LogP contribution is -2.16. The van der Waals surface area contributed by atoms with Gasteiger partial charge in [-0.2, -0.15) is 0 Å². The van der Waals surface area contributed by atoms with E-state index in [1.807, 2.05) is 30.3 Å². The topological polar surface area (TPSA) is 72.0 Å². The summed E-state index contributed by atoms with van der Waals surface area (Å²) in [5.74, 6) is 0.869. The summed E-state index contributed by atoms with van der Waals surface area (Å²) in [6, 6.07) is 16.8. The number of aromatic amines is 1. The number of hydrogen-bond acceptors (Lipinski definition) is 5. The minimum absolute atomic E-state index is 0.0320. The van der Waals surface area contributed by atoms with Crippen LogP contribution in [-0.2, 0) is 6.42 Å². The van der Waals surface area contributed by atoms with Crippen LogP contribution >= 0.6 is 11.8 Å². The maximum absolute atomic E-state index is 12.4. The predicted octanol–water partition coefficient (Wildman–Crippen LogP) is 3.65. The summed E-state index contributed by atoms with van der Waals surface area (Å²) in [4.78, 5) is 31.9. The highest BCUT2D eigenvalue weighted by Gasteiger charge is 2.12. The number of aromatic nitrogens is 2. The Hall–Kier alpha value is -2.86. The quantitative estimate of drug-likeness (QED) is 0.385. The normalized spacial score (nSPS) is 10.6. The zero-order chi connectivity index (χ0) is 19.2. The lowest BCUT2D eigenvalue weighted by Gasteiger charge is -2.08. The molecule has 0 aliphatic carbocycles. The van der Waals surface area contributed by atoms with Gasteiger partial charge in [-0.25, -0.2) is 4.98 Å². The van der Waals surface area contributed by atoms with Gasteiger partial charge in [0, 0.05) is 17.5 Å². The van der Waals surface area contributed by atoms with Gasteiger partial charge >= 0.3 is 0 Å². The molecule has 0 atom stereocenters. The molecular weight excluding hydrogens is 360 g/mol. The van der Waals surface area contributed by atoms with Crippen LogP contribution in [-0.4, -0.2) is 28.6 Å². The number of H-pyrrole nitrogens is 1. The van der Waals surface area contributed by atoms with Crippen LogP contribution in [0.1, 0.15) is 27.2 Å². The molecular formula is C21H20N2O3S. The molecule has 0 radical (unpaired) electrons. The maximum atomic E-state index is 12.4. The highest BCUT2D eigenvalue weighted by Crippen LogP contribution is 2.18. The van der Waals surface area contributed by atoms with E-state index in [0.29, 0.717) is 28.5 Å². The fourth-order valence-electron chi connectivity index (χ4n) is 2.58. The summed E-state index contributed by atoms with van der Waals surface area (Å²) in [7, 11) is 1.58. The lowest BCUT2D eigenvalue weighted by atomic mass is 10.1. The number of hydrogen-bond donors (Lipinski definition) is 1. The lowest BCUT2D eigenvalue weighted by molar-refractivity contribution is 0.102. The SMILES string of the molecule is COc1ccc(C(=O)CSc2nc(Cc3ccccc3)c(C)c(=O)[nH]2)cc1. The molecule has 3 aromatic rings. The van der Waals surface area contributed by atoms with Crippen LogP contribution in [0.15, 0.2) is 64.5 Å². The average molecular weight is 380 g/mol.